The van der Waals surface area contributed by atoms with Gasteiger partial charge in [0.05, 0.1) is 10.9 Å². The van der Waals surface area contributed by atoms with E-state index in [1.54, 1.807) is 12.1 Å². The Morgan fingerprint density at radius 3 is 0.854 bits per heavy atom. The van der Waals surface area contributed by atoms with E-state index in [0.717, 1.165) is 10.9 Å². The van der Waals surface area contributed by atoms with Gasteiger partial charge in [0.15, 0.2) is 0 Å². The van der Waals surface area contributed by atoms with Crippen LogP contribution in [0.1, 0.15) is 0 Å². The first-order valence-corrected chi connectivity index (χ1v) is 15.6. The number of benzene rings is 4. The molecule has 0 spiro atoms. The standard InChI is InChI=1S/2C17H14NOP.Rh/c2*19-16-12-7-13-17(18-16)20(14-8-3-1-4-9-14)15-10-5-2-6-11-15;/h2*1-13H,(H,18,19);. The van der Waals surface area contributed by atoms with Crippen molar-refractivity contribution in [1.29, 1.82) is 0 Å². The van der Waals surface area contributed by atoms with Crippen LogP contribution >= 0.6 is 15.8 Å². The molecule has 6 rings (SSSR count). The third-order valence-electron chi connectivity index (χ3n) is 6.05. The summed E-state index contributed by atoms with van der Waals surface area (Å²) in [4.78, 5) is 29.2. The van der Waals surface area contributed by atoms with Gasteiger partial charge in [-0.15, -0.1) is 0 Å². The Hall–Kier alpha value is -3.74. The molecule has 1 radical (unpaired) electrons. The van der Waals surface area contributed by atoms with Crippen LogP contribution in [0.2, 0.25) is 0 Å². The quantitative estimate of drug-likeness (QED) is 0.207. The summed E-state index contributed by atoms with van der Waals surface area (Å²) in [5.74, 6) is 0. The SMILES string of the molecule is O=c1cccc(P(c2ccccc2)c2ccccc2)[nH]1.O=c1cccc(P(c2ccccc2)c2ccccc2)[nH]1.[Rh]. The molecule has 7 heteroatoms. The average Bonchev–Trinajstić information content (AvgIpc) is 3.00. The van der Waals surface area contributed by atoms with Crippen molar-refractivity contribution < 1.29 is 19.5 Å². The number of rotatable bonds is 6. The fraction of sp³-hybridized carbons (Fsp3) is 0. The molecule has 41 heavy (non-hydrogen) atoms. The van der Waals surface area contributed by atoms with Gasteiger partial charge in [-0.2, -0.15) is 0 Å². The van der Waals surface area contributed by atoms with Gasteiger partial charge in [-0.25, -0.2) is 0 Å². The topological polar surface area (TPSA) is 65.7 Å². The van der Waals surface area contributed by atoms with E-state index in [4.69, 9.17) is 0 Å². The number of hydrogen-bond donors (Lipinski definition) is 2. The molecule has 0 bridgehead atoms. The van der Waals surface area contributed by atoms with E-state index in [1.165, 1.54) is 21.2 Å². The third-order valence-corrected chi connectivity index (χ3v) is 10.8. The smallest absolute Gasteiger partial charge is 0.248 e. The molecule has 0 unspecified atom stereocenters. The summed E-state index contributed by atoms with van der Waals surface area (Å²) in [6, 6.07) is 52.0. The van der Waals surface area contributed by atoms with Gasteiger partial charge in [-0.1, -0.05) is 133 Å². The first-order valence-electron chi connectivity index (χ1n) is 12.9. The summed E-state index contributed by atoms with van der Waals surface area (Å²) in [6.07, 6.45) is 0. The molecule has 205 valence electrons. The van der Waals surface area contributed by atoms with Crippen molar-refractivity contribution in [3.8, 4) is 0 Å². The summed E-state index contributed by atoms with van der Waals surface area (Å²) in [6.45, 7) is 0. The first kappa shape index (κ1) is 30.2. The maximum atomic E-state index is 11.6. The summed E-state index contributed by atoms with van der Waals surface area (Å²) in [5.41, 5.74) is 1.85. The number of H-pyrrole nitrogens is 2. The minimum Gasteiger partial charge on any atom is -0.322 e. The molecule has 0 aliphatic rings. The maximum Gasteiger partial charge on any atom is 0.248 e. The molecule has 0 amide bonds. The van der Waals surface area contributed by atoms with Crippen LogP contribution in [0.15, 0.2) is 167 Å². The molecule has 4 aromatic carbocycles. The Labute approximate surface area is 254 Å². The van der Waals surface area contributed by atoms with E-state index >= 15 is 0 Å². The van der Waals surface area contributed by atoms with Gasteiger partial charge in [-0.3, -0.25) is 9.59 Å². The summed E-state index contributed by atoms with van der Waals surface area (Å²) >= 11 is 0. The van der Waals surface area contributed by atoms with Crippen LogP contribution in [-0.2, 0) is 19.5 Å². The van der Waals surface area contributed by atoms with Gasteiger partial charge < -0.3 is 9.97 Å². The van der Waals surface area contributed by atoms with E-state index in [2.05, 4.69) is 58.5 Å². The van der Waals surface area contributed by atoms with Crippen molar-refractivity contribution in [2.24, 2.45) is 0 Å². The van der Waals surface area contributed by atoms with Crippen LogP contribution in [0.3, 0.4) is 0 Å². The number of pyridine rings is 2. The second kappa shape index (κ2) is 15.3. The second-order valence-corrected chi connectivity index (χ2v) is 13.2. The van der Waals surface area contributed by atoms with Gasteiger partial charge in [0.25, 0.3) is 0 Å². The van der Waals surface area contributed by atoms with Crippen molar-refractivity contribution in [2.45, 2.75) is 0 Å². The molecule has 2 N–H and O–H groups in total. The molecule has 0 atom stereocenters. The molecule has 0 fully saturated rings. The van der Waals surface area contributed by atoms with Crippen LogP contribution in [-0.4, -0.2) is 9.97 Å². The zero-order valence-electron chi connectivity index (χ0n) is 22.1. The summed E-state index contributed by atoms with van der Waals surface area (Å²) < 4.78 is 0. The molecule has 0 saturated heterocycles. The number of aromatic amines is 2. The summed E-state index contributed by atoms with van der Waals surface area (Å²) in [7, 11) is -1.44. The first-order chi connectivity index (χ1) is 19.7. The molecule has 0 aliphatic heterocycles. The van der Waals surface area contributed by atoms with Gasteiger partial charge in [0.1, 0.15) is 0 Å². The normalized spacial score (nSPS) is 10.4. The Bertz CT molecular complexity index is 1540. The molecule has 2 heterocycles. The zero-order chi connectivity index (χ0) is 27.6. The number of hydrogen-bond acceptors (Lipinski definition) is 2. The van der Waals surface area contributed by atoms with E-state index < -0.39 is 15.8 Å². The van der Waals surface area contributed by atoms with Crippen molar-refractivity contribution in [1.82, 2.24) is 9.97 Å². The Balaban J connectivity index is 0.000000184. The van der Waals surface area contributed by atoms with E-state index in [9.17, 15) is 9.59 Å². The Kier molecular flexibility index (Phi) is 11.3. The number of nitrogens with one attached hydrogen (secondary N) is 2. The fourth-order valence-corrected chi connectivity index (χ4v) is 8.80. The van der Waals surface area contributed by atoms with Crippen LogP contribution in [0.4, 0.5) is 0 Å². The van der Waals surface area contributed by atoms with Crippen LogP contribution in [0.25, 0.3) is 0 Å². The van der Waals surface area contributed by atoms with Gasteiger partial charge >= 0.3 is 0 Å². The molecular weight excluding hydrogens is 633 g/mol. The van der Waals surface area contributed by atoms with Crippen molar-refractivity contribution in [3.05, 3.63) is 178 Å². The van der Waals surface area contributed by atoms with E-state index in [0.29, 0.717) is 0 Å². The largest absolute Gasteiger partial charge is 0.322 e. The van der Waals surface area contributed by atoms with Gasteiger partial charge in [0, 0.05) is 47.5 Å². The van der Waals surface area contributed by atoms with Crippen molar-refractivity contribution in [3.63, 3.8) is 0 Å². The van der Waals surface area contributed by atoms with E-state index in [1.807, 2.05) is 97.1 Å². The second-order valence-electron chi connectivity index (χ2n) is 8.81. The predicted molar refractivity (Wildman–Crippen MR) is 172 cm³/mol. The number of aromatic nitrogens is 2. The van der Waals surface area contributed by atoms with Crippen LogP contribution in [0.5, 0.6) is 0 Å². The minimum absolute atomic E-state index is 0. The van der Waals surface area contributed by atoms with E-state index in [-0.39, 0.29) is 30.6 Å². The molecule has 0 aliphatic carbocycles. The Morgan fingerprint density at radius 1 is 0.341 bits per heavy atom. The third kappa shape index (κ3) is 8.15. The van der Waals surface area contributed by atoms with Gasteiger partial charge in [0.2, 0.25) is 11.1 Å². The molecule has 2 aromatic heterocycles. The van der Waals surface area contributed by atoms with Crippen LogP contribution < -0.4 is 43.2 Å². The summed E-state index contributed by atoms with van der Waals surface area (Å²) in [5, 5.41) is 4.93. The van der Waals surface area contributed by atoms with Gasteiger partial charge in [-0.05, 0) is 33.4 Å². The monoisotopic (exact) mass is 661 g/mol. The zero-order valence-corrected chi connectivity index (χ0v) is 25.5. The molecule has 6 aromatic rings. The fourth-order valence-electron chi connectivity index (χ4n) is 4.30. The predicted octanol–water partition coefficient (Wildman–Crippen LogP) is 4.26. The van der Waals surface area contributed by atoms with Crippen LogP contribution in [0, 0.1) is 0 Å². The average molecular weight is 661 g/mol. The molecule has 4 nitrogen and oxygen atoms in total. The van der Waals surface area contributed by atoms with Crippen molar-refractivity contribution in [2.75, 3.05) is 0 Å². The minimum atomic E-state index is -0.718. The van der Waals surface area contributed by atoms with Crippen molar-refractivity contribution >= 4 is 47.9 Å². The molecular formula is C34H28N2O2P2Rh. The molecule has 0 saturated carbocycles. The Morgan fingerprint density at radius 2 is 0.610 bits per heavy atom. The maximum absolute atomic E-state index is 11.6.